The van der Waals surface area contributed by atoms with Gasteiger partial charge in [-0.25, -0.2) is 4.39 Å². The molecule has 3 atom stereocenters. The predicted octanol–water partition coefficient (Wildman–Crippen LogP) is 3.60. The van der Waals surface area contributed by atoms with Crippen molar-refractivity contribution < 1.29 is 4.39 Å². The fraction of sp³-hybridized carbons (Fsp3) is 0.647. The Labute approximate surface area is 122 Å². The number of nitrogens with zero attached hydrogens (tertiary/aromatic N) is 1. The summed E-state index contributed by atoms with van der Waals surface area (Å²) in [5.74, 6) is 0.442. The van der Waals surface area contributed by atoms with E-state index in [0.717, 1.165) is 18.2 Å². The summed E-state index contributed by atoms with van der Waals surface area (Å²) >= 11 is 0. The van der Waals surface area contributed by atoms with Gasteiger partial charge in [0.05, 0.1) is 0 Å². The van der Waals surface area contributed by atoms with Gasteiger partial charge >= 0.3 is 0 Å². The molecule has 1 fully saturated rings. The molecule has 0 spiro atoms. The van der Waals surface area contributed by atoms with Gasteiger partial charge in [-0.15, -0.1) is 0 Å². The van der Waals surface area contributed by atoms with E-state index in [2.05, 4.69) is 38.0 Å². The van der Waals surface area contributed by atoms with Crippen LogP contribution in [0, 0.1) is 11.7 Å². The molecular formula is C17H27FN2. The van der Waals surface area contributed by atoms with E-state index in [-0.39, 0.29) is 11.9 Å². The standard InChI is InChI=1S/C17H27FN2/c1-12(11-19-15-9-10-15)13(2)20(4)14(3)16-7-5-6-8-17(16)18/h5-8,12-15,19H,9-11H2,1-4H3. The first kappa shape index (κ1) is 15.5. The molecule has 2 rings (SSSR count). The van der Waals surface area contributed by atoms with Crippen LogP contribution in [0.2, 0.25) is 0 Å². The Bertz CT molecular complexity index is 431. The maximum atomic E-state index is 13.9. The molecule has 1 aliphatic rings. The minimum absolute atomic E-state index is 0.0922. The van der Waals surface area contributed by atoms with E-state index in [1.54, 1.807) is 12.1 Å². The zero-order chi connectivity index (χ0) is 14.7. The molecule has 3 unspecified atom stereocenters. The molecule has 0 radical (unpaired) electrons. The molecule has 0 bridgehead atoms. The molecule has 112 valence electrons. The van der Waals surface area contributed by atoms with Gasteiger partial charge in [-0.2, -0.15) is 0 Å². The predicted molar refractivity (Wildman–Crippen MR) is 82.2 cm³/mol. The van der Waals surface area contributed by atoms with E-state index in [1.165, 1.54) is 12.8 Å². The fourth-order valence-corrected chi connectivity index (χ4v) is 2.60. The highest BCUT2D eigenvalue weighted by atomic mass is 19.1. The van der Waals surface area contributed by atoms with E-state index in [1.807, 2.05) is 12.1 Å². The highest BCUT2D eigenvalue weighted by Crippen LogP contribution is 2.26. The zero-order valence-electron chi connectivity index (χ0n) is 13.1. The number of benzene rings is 1. The molecule has 0 saturated heterocycles. The lowest BCUT2D eigenvalue weighted by Crippen LogP contribution is -2.40. The van der Waals surface area contributed by atoms with Crippen LogP contribution >= 0.6 is 0 Å². The Morgan fingerprint density at radius 1 is 1.25 bits per heavy atom. The molecule has 0 heterocycles. The van der Waals surface area contributed by atoms with Gasteiger partial charge in [-0.05, 0) is 52.3 Å². The van der Waals surface area contributed by atoms with E-state index in [4.69, 9.17) is 0 Å². The van der Waals surface area contributed by atoms with Crippen molar-refractivity contribution in [3.63, 3.8) is 0 Å². The molecule has 20 heavy (non-hydrogen) atoms. The lowest BCUT2D eigenvalue weighted by Gasteiger charge is -2.35. The van der Waals surface area contributed by atoms with Crippen LogP contribution in [0.1, 0.15) is 45.2 Å². The second kappa shape index (κ2) is 6.68. The quantitative estimate of drug-likeness (QED) is 0.820. The van der Waals surface area contributed by atoms with Crippen molar-refractivity contribution in [1.29, 1.82) is 0 Å². The molecule has 1 saturated carbocycles. The van der Waals surface area contributed by atoms with Crippen LogP contribution in [0.4, 0.5) is 4.39 Å². The number of hydrogen-bond acceptors (Lipinski definition) is 2. The first-order valence-corrected chi connectivity index (χ1v) is 7.70. The van der Waals surface area contributed by atoms with Crippen molar-refractivity contribution in [2.24, 2.45) is 5.92 Å². The zero-order valence-corrected chi connectivity index (χ0v) is 13.1. The lowest BCUT2D eigenvalue weighted by atomic mass is 9.98. The van der Waals surface area contributed by atoms with Gasteiger partial charge < -0.3 is 5.32 Å². The largest absolute Gasteiger partial charge is 0.314 e. The van der Waals surface area contributed by atoms with Crippen molar-refractivity contribution >= 4 is 0 Å². The van der Waals surface area contributed by atoms with Gasteiger partial charge in [0.25, 0.3) is 0 Å². The van der Waals surface area contributed by atoms with Crippen molar-refractivity contribution in [3.05, 3.63) is 35.6 Å². The van der Waals surface area contributed by atoms with Crippen molar-refractivity contribution in [3.8, 4) is 0 Å². The third-order valence-electron chi connectivity index (χ3n) is 4.74. The molecule has 1 aromatic rings. The molecule has 3 heteroatoms. The smallest absolute Gasteiger partial charge is 0.127 e. The summed E-state index contributed by atoms with van der Waals surface area (Å²) in [6.45, 7) is 7.62. The normalized spacial score (nSPS) is 19.9. The second-order valence-corrected chi connectivity index (χ2v) is 6.26. The summed E-state index contributed by atoms with van der Waals surface area (Å²) < 4.78 is 13.9. The molecule has 1 N–H and O–H groups in total. The topological polar surface area (TPSA) is 15.3 Å². The Morgan fingerprint density at radius 3 is 2.50 bits per heavy atom. The van der Waals surface area contributed by atoms with Crippen LogP contribution < -0.4 is 5.32 Å². The molecular weight excluding hydrogens is 251 g/mol. The Hall–Kier alpha value is -0.930. The summed E-state index contributed by atoms with van der Waals surface area (Å²) in [6.07, 6.45) is 2.64. The van der Waals surface area contributed by atoms with Crippen LogP contribution in [0.25, 0.3) is 0 Å². The van der Waals surface area contributed by atoms with Gasteiger partial charge in [0.1, 0.15) is 5.82 Å². The van der Waals surface area contributed by atoms with E-state index >= 15 is 0 Å². The van der Waals surface area contributed by atoms with Gasteiger partial charge in [0.2, 0.25) is 0 Å². The summed E-state index contributed by atoms with van der Waals surface area (Å²) in [5.41, 5.74) is 0.782. The highest BCUT2D eigenvalue weighted by Gasteiger charge is 2.26. The first-order valence-electron chi connectivity index (χ1n) is 7.70. The van der Waals surface area contributed by atoms with Crippen molar-refractivity contribution in [2.45, 2.75) is 51.7 Å². The second-order valence-electron chi connectivity index (χ2n) is 6.26. The minimum atomic E-state index is -0.109. The highest BCUT2D eigenvalue weighted by molar-refractivity contribution is 5.20. The number of hydrogen-bond donors (Lipinski definition) is 1. The summed E-state index contributed by atoms with van der Waals surface area (Å²) in [6, 6.07) is 8.34. The SMILES string of the molecule is CC(CNC1CC1)C(C)N(C)C(C)c1ccccc1F. The Balaban J connectivity index is 1.94. The van der Waals surface area contributed by atoms with Crippen LogP contribution in [-0.2, 0) is 0 Å². The summed E-state index contributed by atoms with van der Waals surface area (Å²) in [7, 11) is 2.09. The average Bonchev–Trinajstić information content (AvgIpc) is 3.27. The van der Waals surface area contributed by atoms with Gasteiger partial charge in [0.15, 0.2) is 0 Å². The number of rotatable bonds is 7. The maximum absolute atomic E-state index is 13.9. The van der Waals surface area contributed by atoms with Crippen molar-refractivity contribution in [2.75, 3.05) is 13.6 Å². The van der Waals surface area contributed by atoms with Crippen LogP contribution in [-0.4, -0.2) is 30.6 Å². The van der Waals surface area contributed by atoms with E-state index < -0.39 is 0 Å². The van der Waals surface area contributed by atoms with E-state index in [9.17, 15) is 4.39 Å². The first-order chi connectivity index (χ1) is 9.50. The molecule has 1 aromatic carbocycles. The molecule has 1 aliphatic carbocycles. The molecule has 0 aromatic heterocycles. The van der Waals surface area contributed by atoms with Crippen LogP contribution in [0.15, 0.2) is 24.3 Å². The molecule has 2 nitrogen and oxygen atoms in total. The van der Waals surface area contributed by atoms with Crippen LogP contribution in [0.3, 0.4) is 0 Å². The molecule has 0 amide bonds. The molecule has 0 aliphatic heterocycles. The maximum Gasteiger partial charge on any atom is 0.127 e. The van der Waals surface area contributed by atoms with Crippen LogP contribution in [0.5, 0.6) is 0 Å². The number of halogens is 1. The Morgan fingerprint density at radius 2 is 1.90 bits per heavy atom. The third-order valence-corrected chi connectivity index (χ3v) is 4.74. The third kappa shape index (κ3) is 3.80. The lowest BCUT2D eigenvalue weighted by molar-refractivity contribution is 0.147. The van der Waals surface area contributed by atoms with E-state index in [0.29, 0.717) is 12.0 Å². The Kier molecular flexibility index (Phi) is 5.17. The summed E-state index contributed by atoms with van der Waals surface area (Å²) in [4.78, 5) is 2.28. The fourth-order valence-electron chi connectivity index (χ4n) is 2.60. The minimum Gasteiger partial charge on any atom is -0.314 e. The van der Waals surface area contributed by atoms with Crippen molar-refractivity contribution in [1.82, 2.24) is 10.2 Å². The van der Waals surface area contributed by atoms with Gasteiger partial charge in [-0.3, -0.25) is 4.90 Å². The van der Waals surface area contributed by atoms with Gasteiger partial charge in [-0.1, -0.05) is 25.1 Å². The summed E-state index contributed by atoms with van der Waals surface area (Å²) in [5, 5.41) is 3.58. The average molecular weight is 278 g/mol. The van der Waals surface area contributed by atoms with Gasteiger partial charge in [0, 0.05) is 23.7 Å². The number of nitrogens with one attached hydrogen (secondary N) is 1. The monoisotopic (exact) mass is 278 g/mol.